The maximum Gasteiger partial charge on any atom is 0.319 e. The Morgan fingerprint density at radius 1 is 1.41 bits per heavy atom. The summed E-state index contributed by atoms with van der Waals surface area (Å²) in [5.74, 6) is -1.41. The van der Waals surface area contributed by atoms with E-state index in [-0.39, 0.29) is 5.91 Å². The number of carbonyl (C=O) groups is 2. The summed E-state index contributed by atoms with van der Waals surface area (Å²) < 4.78 is 5.22. The molecule has 5 heteroatoms. The summed E-state index contributed by atoms with van der Waals surface area (Å²) in [6.45, 7) is 4.89. The lowest BCUT2D eigenvalue weighted by atomic mass is 9.68. The van der Waals surface area contributed by atoms with Crippen molar-refractivity contribution in [3.05, 3.63) is 12.7 Å². The Bertz CT molecular complexity index is 297. The predicted molar refractivity (Wildman–Crippen MR) is 62.6 cm³/mol. The molecule has 0 bridgehead atoms. The molecule has 0 aliphatic heterocycles. The minimum Gasteiger partial charge on any atom is -0.480 e. The number of carboxylic acids is 1. The first-order chi connectivity index (χ1) is 8.13. The first kappa shape index (κ1) is 13.7. The Labute approximate surface area is 101 Å². The summed E-state index contributed by atoms with van der Waals surface area (Å²) in [7, 11) is 0. The van der Waals surface area contributed by atoms with Crippen molar-refractivity contribution in [2.75, 3.05) is 19.8 Å². The van der Waals surface area contributed by atoms with Gasteiger partial charge in [-0.15, -0.1) is 6.58 Å². The fourth-order valence-electron chi connectivity index (χ4n) is 1.74. The molecule has 0 spiro atoms. The highest BCUT2D eigenvalue weighted by atomic mass is 16.5. The number of carboxylic acid groups (broad SMARTS) is 1. The number of nitrogens with one attached hydrogen (secondary N) is 1. The first-order valence-electron chi connectivity index (χ1n) is 5.84. The molecule has 0 radical (unpaired) electrons. The predicted octanol–water partition coefficient (Wildman–Crippen LogP) is 0.950. The van der Waals surface area contributed by atoms with E-state index >= 15 is 0 Å². The van der Waals surface area contributed by atoms with Crippen molar-refractivity contribution in [2.45, 2.75) is 25.7 Å². The largest absolute Gasteiger partial charge is 0.480 e. The highest BCUT2D eigenvalue weighted by Gasteiger charge is 2.50. The third-order valence-electron chi connectivity index (χ3n) is 3.05. The van der Waals surface area contributed by atoms with Gasteiger partial charge >= 0.3 is 5.97 Å². The van der Waals surface area contributed by atoms with Gasteiger partial charge in [0.15, 0.2) is 0 Å². The van der Waals surface area contributed by atoms with Gasteiger partial charge in [-0.1, -0.05) is 12.5 Å². The van der Waals surface area contributed by atoms with Crippen LogP contribution < -0.4 is 5.32 Å². The molecular formula is C12H19NO4. The van der Waals surface area contributed by atoms with Crippen molar-refractivity contribution < 1.29 is 19.4 Å². The highest BCUT2D eigenvalue weighted by molar-refractivity contribution is 6.02. The zero-order valence-corrected chi connectivity index (χ0v) is 9.91. The van der Waals surface area contributed by atoms with Crippen molar-refractivity contribution in [3.63, 3.8) is 0 Å². The van der Waals surface area contributed by atoms with Gasteiger partial charge in [0.1, 0.15) is 5.41 Å². The summed E-state index contributed by atoms with van der Waals surface area (Å²) in [5, 5.41) is 11.6. The molecule has 0 atom stereocenters. The van der Waals surface area contributed by atoms with Crippen LogP contribution in [0.3, 0.4) is 0 Å². The van der Waals surface area contributed by atoms with Gasteiger partial charge in [0.25, 0.3) is 0 Å². The molecule has 0 aromatic carbocycles. The number of rotatable bonds is 8. The summed E-state index contributed by atoms with van der Waals surface area (Å²) in [6.07, 6.45) is 4.20. The van der Waals surface area contributed by atoms with Crippen LogP contribution in [-0.4, -0.2) is 36.7 Å². The smallest absolute Gasteiger partial charge is 0.319 e. The molecule has 0 aromatic rings. The molecule has 96 valence electrons. The van der Waals surface area contributed by atoms with Crippen LogP contribution in [0.2, 0.25) is 0 Å². The van der Waals surface area contributed by atoms with E-state index in [4.69, 9.17) is 9.84 Å². The van der Waals surface area contributed by atoms with E-state index < -0.39 is 11.4 Å². The summed E-state index contributed by atoms with van der Waals surface area (Å²) in [5.41, 5.74) is -1.18. The van der Waals surface area contributed by atoms with Crippen molar-refractivity contribution in [1.29, 1.82) is 0 Å². The average molecular weight is 241 g/mol. The topological polar surface area (TPSA) is 75.6 Å². The normalized spacial score (nSPS) is 16.9. The standard InChI is InChI=1S/C12H19NO4/c1-2-3-8-17-9-7-13-10(14)12(11(15)16)5-4-6-12/h2H,1,3-9H2,(H,13,14)(H,15,16). The van der Waals surface area contributed by atoms with E-state index in [2.05, 4.69) is 11.9 Å². The monoisotopic (exact) mass is 241 g/mol. The second-order valence-corrected chi connectivity index (χ2v) is 4.19. The van der Waals surface area contributed by atoms with Gasteiger partial charge in [-0.2, -0.15) is 0 Å². The zero-order valence-electron chi connectivity index (χ0n) is 9.91. The first-order valence-corrected chi connectivity index (χ1v) is 5.84. The lowest BCUT2D eigenvalue weighted by molar-refractivity contribution is -0.162. The second kappa shape index (κ2) is 6.39. The third-order valence-corrected chi connectivity index (χ3v) is 3.05. The lowest BCUT2D eigenvalue weighted by Crippen LogP contribution is -2.51. The molecule has 2 N–H and O–H groups in total. The minimum atomic E-state index is -1.18. The van der Waals surface area contributed by atoms with Gasteiger partial charge in [0.2, 0.25) is 5.91 Å². The molecule has 1 rings (SSSR count). The van der Waals surface area contributed by atoms with Crippen molar-refractivity contribution in [3.8, 4) is 0 Å². The fourth-order valence-corrected chi connectivity index (χ4v) is 1.74. The Kier molecular flexibility index (Phi) is 5.15. The third kappa shape index (κ3) is 3.30. The van der Waals surface area contributed by atoms with Crippen molar-refractivity contribution in [2.24, 2.45) is 5.41 Å². The van der Waals surface area contributed by atoms with E-state index in [1.165, 1.54) is 0 Å². The fraction of sp³-hybridized carbons (Fsp3) is 0.667. The number of carbonyl (C=O) groups excluding carboxylic acids is 1. The molecule has 17 heavy (non-hydrogen) atoms. The molecule has 1 aliphatic carbocycles. The maximum absolute atomic E-state index is 11.7. The van der Waals surface area contributed by atoms with Gasteiger partial charge in [-0.05, 0) is 19.3 Å². The molecular weight excluding hydrogens is 222 g/mol. The van der Waals surface area contributed by atoms with E-state index in [0.717, 1.165) is 12.8 Å². The molecule has 1 fully saturated rings. The molecule has 1 aliphatic rings. The van der Waals surface area contributed by atoms with E-state index in [1.54, 1.807) is 6.08 Å². The molecule has 0 aromatic heterocycles. The SMILES string of the molecule is C=CCCOCCNC(=O)C1(C(=O)O)CCC1. The van der Waals surface area contributed by atoms with Crippen LogP contribution in [0.4, 0.5) is 0 Å². The molecule has 0 heterocycles. The Morgan fingerprint density at radius 2 is 2.12 bits per heavy atom. The van der Waals surface area contributed by atoms with Gasteiger partial charge in [0.05, 0.1) is 13.2 Å². The number of hydrogen-bond acceptors (Lipinski definition) is 3. The quantitative estimate of drug-likeness (QED) is 0.377. The Hall–Kier alpha value is -1.36. The molecule has 1 saturated carbocycles. The lowest BCUT2D eigenvalue weighted by Gasteiger charge is -2.35. The zero-order chi connectivity index (χ0) is 12.7. The summed E-state index contributed by atoms with van der Waals surface area (Å²) in [4.78, 5) is 22.7. The van der Waals surface area contributed by atoms with E-state index in [1.807, 2.05) is 0 Å². The van der Waals surface area contributed by atoms with Crippen LogP contribution in [0.25, 0.3) is 0 Å². The van der Waals surface area contributed by atoms with Crippen LogP contribution in [0, 0.1) is 5.41 Å². The highest BCUT2D eigenvalue weighted by Crippen LogP contribution is 2.41. The summed E-state index contributed by atoms with van der Waals surface area (Å²) >= 11 is 0. The summed E-state index contributed by atoms with van der Waals surface area (Å²) in [6, 6.07) is 0. The maximum atomic E-state index is 11.7. The van der Waals surface area contributed by atoms with Crippen molar-refractivity contribution >= 4 is 11.9 Å². The number of ether oxygens (including phenoxy) is 1. The Morgan fingerprint density at radius 3 is 2.59 bits per heavy atom. The van der Waals surface area contributed by atoms with Crippen molar-refractivity contribution in [1.82, 2.24) is 5.32 Å². The van der Waals surface area contributed by atoms with Crippen LogP contribution in [-0.2, 0) is 14.3 Å². The Balaban J connectivity index is 2.20. The molecule has 0 unspecified atom stereocenters. The minimum absolute atomic E-state index is 0.352. The molecule has 5 nitrogen and oxygen atoms in total. The van der Waals surface area contributed by atoms with Crippen LogP contribution in [0.15, 0.2) is 12.7 Å². The number of aliphatic carboxylic acids is 1. The molecule has 1 amide bonds. The number of amides is 1. The van der Waals surface area contributed by atoms with Gasteiger partial charge in [-0.25, -0.2) is 0 Å². The van der Waals surface area contributed by atoms with E-state index in [0.29, 0.717) is 32.6 Å². The van der Waals surface area contributed by atoms with Gasteiger partial charge < -0.3 is 15.2 Å². The van der Waals surface area contributed by atoms with Gasteiger partial charge in [-0.3, -0.25) is 9.59 Å². The molecule has 0 saturated heterocycles. The number of hydrogen-bond donors (Lipinski definition) is 2. The average Bonchev–Trinajstić information content (AvgIpc) is 2.21. The van der Waals surface area contributed by atoms with Gasteiger partial charge in [0, 0.05) is 6.54 Å². The van der Waals surface area contributed by atoms with Crippen LogP contribution >= 0.6 is 0 Å². The van der Waals surface area contributed by atoms with E-state index in [9.17, 15) is 9.59 Å². The second-order valence-electron chi connectivity index (χ2n) is 4.19. The van der Waals surface area contributed by atoms with Crippen LogP contribution in [0.5, 0.6) is 0 Å². The van der Waals surface area contributed by atoms with Crippen LogP contribution in [0.1, 0.15) is 25.7 Å².